The second-order valence-corrected chi connectivity index (χ2v) is 6.09. The molecular formula is C20H17N3O6. The van der Waals surface area contributed by atoms with E-state index in [9.17, 15) is 19.7 Å². The van der Waals surface area contributed by atoms with Gasteiger partial charge in [0.15, 0.2) is 0 Å². The fraction of sp³-hybridized carbons (Fsp3) is 0.100. The first kappa shape index (κ1) is 19.6. The average Bonchev–Trinajstić information content (AvgIpc) is 3.05. The third kappa shape index (κ3) is 4.59. The number of aryl methyl sites for hydroxylation is 2. The quantitative estimate of drug-likeness (QED) is 0.502. The van der Waals surface area contributed by atoms with Crippen LogP contribution < -0.4 is 15.6 Å². The highest BCUT2D eigenvalue weighted by atomic mass is 16.6. The molecule has 0 spiro atoms. The fourth-order valence-corrected chi connectivity index (χ4v) is 2.62. The Morgan fingerprint density at radius 3 is 2.21 bits per heavy atom. The van der Waals surface area contributed by atoms with E-state index in [0.29, 0.717) is 17.3 Å². The number of rotatable bonds is 5. The molecule has 0 aliphatic carbocycles. The minimum absolute atomic E-state index is 0.101. The lowest BCUT2D eigenvalue weighted by molar-refractivity contribution is -0.384. The van der Waals surface area contributed by atoms with Crippen LogP contribution >= 0.6 is 0 Å². The van der Waals surface area contributed by atoms with Gasteiger partial charge in [0.05, 0.1) is 16.1 Å². The number of ether oxygens (including phenoxy) is 1. The van der Waals surface area contributed by atoms with E-state index in [0.717, 1.165) is 6.07 Å². The van der Waals surface area contributed by atoms with Gasteiger partial charge in [0.25, 0.3) is 17.5 Å². The highest BCUT2D eigenvalue weighted by molar-refractivity contribution is 6.01. The third-order valence-electron chi connectivity index (χ3n) is 3.96. The summed E-state index contributed by atoms with van der Waals surface area (Å²) in [6.07, 6.45) is 0. The maximum atomic E-state index is 12.6. The molecule has 0 aliphatic heterocycles. The summed E-state index contributed by atoms with van der Waals surface area (Å²) in [5.74, 6) is 0.149. The minimum atomic E-state index is -0.772. The van der Waals surface area contributed by atoms with Gasteiger partial charge < -0.3 is 9.15 Å². The van der Waals surface area contributed by atoms with Crippen LogP contribution in [0.1, 0.15) is 32.2 Å². The molecule has 0 unspecified atom stereocenters. The van der Waals surface area contributed by atoms with Crippen molar-refractivity contribution in [1.82, 2.24) is 10.9 Å². The molecule has 0 atom stereocenters. The van der Waals surface area contributed by atoms with E-state index in [-0.39, 0.29) is 22.6 Å². The molecule has 29 heavy (non-hydrogen) atoms. The summed E-state index contributed by atoms with van der Waals surface area (Å²) >= 11 is 0. The topological polar surface area (TPSA) is 124 Å². The van der Waals surface area contributed by atoms with Crippen molar-refractivity contribution in [3.63, 3.8) is 0 Å². The highest BCUT2D eigenvalue weighted by Gasteiger charge is 2.20. The molecule has 3 aromatic rings. The summed E-state index contributed by atoms with van der Waals surface area (Å²) in [6.45, 7) is 3.31. The Morgan fingerprint density at radius 1 is 0.966 bits per heavy atom. The number of furan rings is 1. The zero-order chi connectivity index (χ0) is 21.0. The van der Waals surface area contributed by atoms with E-state index >= 15 is 0 Å². The van der Waals surface area contributed by atoms with Crippen LogP contribution in [0.4, 0.5) is 5.69 Å². The lowest BCUT2D eigenvalue weighted by atomic mass is 10.1. The number of nitro benzene ring substituents is 1. The zero-order valence-electron chi connectivity index (χ0n) is 15.6. The van der Waals surface area contributed by atoms with E-state index < -0.39 is 16.7 Å². The van der Waals surface area contributed by atoms with Gasteiger partial charge in [0.2, 0.25) is 0 Å². The molecule has 2 amide bonds. The first-order chi connectivity index (χ1) is 13.8. The van der Waals surface area contributed by atoms with Crippen LogP contribution in [-0.4, -0.2) is 16.7 Å². The molecule has 0 saturated carbocycles. The second-order valence-electron chi connectivity index (χ2n) is 6.09. The number of carbonyl (C=O) groups is 2. The molecule has 2 aromatic carbocycles. The standard InChI is InChI=1S/C20H17N3O6/c1-12-10-16(13(2)28-12)19(24)21-22-20(25)17-11-14(23(26)27)8-9-18(17)29-15-6-4-3-5-7-15/h3-11H,1-2H3,(H,21,24)(H,22,25). The first-order valence-electron chi connectivity index (χ1n) is 8.54. The number of nitro groups is 1. The van der Waals surface area contributed by atoms with E-state index in [2.05, 4.69) is 10.9 Å². The monoisotopic (exact) mass is 395 g/mol. The predicted molar refractivity (Wildman–Crippen MR) is 103 cm³/mol. The van der Waals surface area contributed by atoms with Crippen molar-refractivity contribution < 1.29 is 23.7 Å². The van der Waals surface area contributed by atoms with E-state index in [1.54, 1.807) is 44.2 Å². The maximum absolute atomic E-state index is 12.6. The Labute approximate surface area is 165 Å². The van der Waals surface area contributed by atoms with Crippen molar-refractivity contribution in [2.45, 2.75) is 13.8 Å². The number of hydrogen-bond donors (Lipinski definition) is 2. The van der Waals surface area contributed by atoms with Crippen molar-refractivity contribution in [3.05, 3.63) is 87.4 Å². The van der Waals surface area contributed by atoms with Crippen LogP contribution in [0, 0.1) is 24.0 Å². The number of para-hydroxylation sites is 1. The number of hydrazine groups is 1. The van der Waals surface area contributed by atoms with Crippen LogP contribution in [0.2, 0.25) is 0 Å². The van der Waals surface area contributed by atoms with Crippen molar-refractivity contribution in [1.29, 1.82) is 0 Å². The summed E-state index contributed by atoms with van der Waals surface area (Å²) in [6, 6.07) is 13.8. The molecule has 0 bridgehead atoms. The van der Waals surface area contributed by atoms with Gasteiger partial charge in [-0.3, -0.25) is 30.6 Å². The van der Waals surface area contributed by atoms with Crippen molar-refractivity contribution in [3.8, 4) is 11.5 Å². The molecule has 0 aliphatic rings. The van der Waals surface area contributed by atoms with Crippen molar-refractivity contribution >= 4 is 17.5 Å². The van der Waals surface area contributed by atoms with Crippen LogP contribution in [0.15, 0.2) is 59.0 Å². The van der Waals surface area contributed by atoms with Crippen molar-refractivity contribution in [2.75, 3.05) is 0 Å². The van der Waals surface area contributed by atoms with E-state index in [1.165, 1.54) is 18.2 Å². The predicted octanol–water partition coefficient (Wildman–Crippen LogP) is 3.67. The number of carbonyl (C=O) groups excluding carboxylic acids is 2. The number of nitrogens with zero attached hydrogens (tertiary/aromatic N) is 1. The van der Waals surface area contributed by atoms with Gasteiger partial charge in [-0.15, -0.1) is 0 Å². The van der Waals surface area contributed by atoms with Gasteiger partial charge in [-0.05, 0) is 38.1 Å². The summed E-state index contributed by atoms with van der Waals surface area (Å²) in [4.78, 5) is 35.3. The van der Waals surface area contributed by atoms with Crippen LogP contribution in [0.25, 0.3) is 0 Å². The molecule has 0 saturated heterocycles. The zero-order valence-corrected chi connectivity index (χ0v) is 15.6. The molecule has 9 nitrogen and oxygen atoms in total. The Bertz CT molecular complexity index is 1080. The SMILES string of the molecule is Cc1cc(C(=O)NNC(=O)c2cc([N+](=O)[O-])ccc2Oc2ccccc2)c(C)o1. The number of amides is 2. The molecule has 148 valence electrons. The molecule has 1 heterocycles. The molecule has 9 heteroatoms. The van der Waals surface area contributed by atoms with Crippen LogP contribution in [0.5, 0.6) is 11.5 Å². The van der Waals surface area contributed by atoms with Gasteiger partial charge in [-0.25, -0.2) is 0 Å². The van der Waals surface area contributed by atoms with E-state index in [4.69, 9.17) is 9.15 Å². The minimum Gasteiger partial charge on any atom is -0.466 e. The Hall–Kier alpha value is -4.14. The summed E-state index contributed by atoms with van der Waals surface area (Å²) in [5.41, 5.74) is 4.38. The van der Waals surface area contributed by atoms with E-state index in [1.807, 2.05) is 0 Å². The molecule has 2 N–H and O–H groups in total. The normalized spacial score (nSPS) is 10.3. The molecule has 1 aromatic heterocycles. The van der Waals surface area contributed by atoms with Gasteiger partial charge in [-0.1, -0.05) is 18.2 Å². The molecule has 0 fully saturated rings. The molecule has 3 rings (SSSR count). The fourth-order valence-electron chi connectivity index (χ4n) is 2.62. The number of nitrogens with one attached hydrogen (secondary N) is 2. The lowest BCUT2D eigenvalue weighted by Crippen LogP contribution is -2.41. The molecule has 0 radical (unpaired) electrons. The number of hydrogen-bond acceptors (Lipinski definition) is 6. The third-order valence-corrected chi connectivity index (χ3v) is 3.96. The van der Waals surface area contributed by atoms with Crippen LogP contribution in [-0.2, 0) is 0 Å². The maximum Gasteiger partial charge on any atom is 0.273 e. The first-order valence-corrected chi connectivity index (χ1v) is 8.54. The highest BCUT2D eigenvalue weighted by Crippen LogP contribution is 2.28. The largest absolute Gasteiger partial charge is 0.466 e. The van der Waals surface area contributed by atoms with Gasteiger partial charge in [0.1, 0.15) is 23.0 Å². The van der Waals surface area contributed by atoms with Crippen LogP contribution in [0.3, 0.4) is 0 Å². The van der Waals surface area contributed by atoms with Gasteiger partial charge >= 0.3 is 0 Å². The average molecular weight is 395 g/mol. The molecular weight excluding hydrogens is 378 g/mol. The second kappa shape index (κ2) is 8.26. The number of benzene rings is 2. The summed E-state index contributed by atoms with van der Waals surface area (Å²) in [5, 5.41) is 11.1. The lowest BCUT2D eigenvalue weighted by Gasteiger charge is -2.12. The Kier molecular flexibility index (Phi) is 5.59. The smallest absolute Gasteiger partial charge is 0.273 e. The summed E-state index contributed by atoms with van der Waals surface area (Å²) in [7, 11) is 0. The Morgan fingerprint density at radius 2 is 1.62 bits per heavy atom. The number of non-ortho nitro benzene ring substituents is 1. The van der Waals surface area contributed by atoms with Gasteiger partial charge in [-0.2, -0.15) is 0 Å². The Balaban J connectivity index is 1.82. The van der Waals surface area contributed by atoms with Gasteiger partial charge in [0, 0.05) is 12.1 Å². The summed E-state index contributed by atoms with van der Waals surface area (Å²) < 4.78 is 11.0. The van der Waals surface area contributed by atoms with Crippen molar-refractivity contribution in [2.24, 2.45) is 0 Å².